The molecule has 8 heteroatoms. The summed E-state index contributed by atoms with van der Waals surface area (Å²) in [7, 11) is 0. The first-order chi connectivity index (χ1) is 11.0. The Morgan fingerprint density at radius 3 is 2.78 bits per heavy atom. The summed E-state index contributed by atoms with van der Waals surface area (Å²) in [6.45, 7) is 6.79. The Hall–Kier alpha value is -1.93. The molecule has 2 aliphatic heterocycles. The summed E-state index contributed by atoms with van der Waals surface area (Å²) in [5.74, 6) is -0.314. The van der Waals surface area contributed by atoms with Crippen LogP contribution >= 0.6 is 11.3 Å². The van der Waals surface area contributed by atoms with Gasteiger partial charge in [0.25, 0.3) is 5.91 Å². The van der Waals surface area contributed by atoms with E-state index in [0.29, 0.717) is 6.42 Å². The van der Waals surface area contributed by atoms with Crippen molar-refractivity contribution < 1.29 is 14.3 Å². The Morgan fingerprint density at radius 1 is 1.39 bits per heavy atom. The maximum Gasteiger partial charge on any atom is 0.346 e. The highest BCUT2D eigenvalue weighted by Gasteiger charge is 2.46. The van der Waals surface area contributed by atoms with Crippen molar-refractivity contribution in [2.24, 2.45) is 5.10 Å². The lowest BCUT2D eigenvalue weighted by atomic mass is 10.00. The van der Waals surface area contributed by atoms with Crippen LogP contribution in [0.2, 0.25) is 0 Å². The molecule has 3 amide bonds. The maximum absolute atomic E-state index is 12.3. The molecule has 0 aliphatic carbocycles. The van der Waals surface area contributed by atoms with E-state index in [1.807, 2.05) is 19.1 Å². The van der Waals surface area contributed by atoms with Crippen LogP contribution in [-0.2, 0) is 9.53 Å². The van der Waals surface area contributed by atoms with Crippen molar-refractivity contribution in [3.05, 3.63) is 17.0 Å². The van der Waals surface area contributed by atoms with Gasteiger partial charge < -0.3 is 15.0 Å². The van der Waals surface area contributed by atoms with E-state index in [4.69, 9.17) is 4.74 Å². The number of hydrazone groups is 1. The molecule has 1 aromatic heterocycles. The Bertz CT molecular complexity index is 638. The largest absolute Gasteiger partial charge is 0.378 e. The minimum absolute atomic E-state index is 0.314. The third kappa shape index (κ3) is 3.09. The number of nitrogens with one attached hydrogen (secondary N) is 1. The van der Waals surface area contributed by atoms with E-state index in [0.717, 1.165) is 41.2 Å². The lowest BCUT2D eigenvalue weighted by Crippen LogP contribution is -2.42. The van der Waals surface area contributed by atoms with Gasteiger partial charge in [-0.3, -0.25) is 4.79 Å². The van der Waals surface area contributed by atoms with Gasteiger partial charge in [-0.05, 0) is 25.5 Å². The van der Waals surface area contributed by atoms with E-state index < -0.39 is 11.6 Å². The van der Waals surface area contributed by atoms with Gasteiger partial charge in [-0.15, -0.1) is 16.3 Å². The van der Waals surface area contributed by atoms with Gasteiger partial charge in [0.15, 0.2) is 0 Å². The predicted molar refractivity (Wildman–Crippen MR) is 89.0 cm³/mol. The van der Waals surface area contributed by atoms with Crippen molar-refractivity contribution in [1.29, 1.82) is 0 Å². The van der Waals surface area contributed by atoms with Crippen LogP contribution in [-0.4, -0.2) is 55.0 Å². The topological polar surface area (TPSA) is 74.2 Å². The van der Waals surface area contributed by atoms with Crippen molar-refractivity contribution in [2.45, 2.75) is 25.8 Å². The molecule has 2 saturated heterocycles. The van der Waals surface area contributed by atoms with Crippen molar-refractivity contribution >= 4 is 34.5 Å². The summed E-state index contributed by atoms with van der Waals surface area (Å²) in [6.07, 6.45) is 2.09. The zero-order chi connectivity index (χ0) is 16.4. The van der Waals surface area contributed by atoms with Crippen LogP contribution in [0.1, 0.15) is 25.1 Å². The number of hydrogen-bond donors (Lipinski definition) is 1. The van der Waals surface area contributed by atoms with Gasteiger partial charge in [-0.1, -0.05) is 6.92 Å². The fourth-order valence-electron chi connectivity index (χ4n) is 2.49. The highest BCUT2D eigenvalue weighted by atomic mass is 32.1. The van der Waals surface area contributed by atoms with Crippen molar-refractivity contribution in [2.75, 3.05) is 31.2 Å². The summed E-state index contributed by atoms with van der Waals surface area (Å²) in [5.41, 5.74) is -0.858. The van der Waals surface area contributed by atoms with Crippen molar-refractivity contribution in [1.82, 2.24) is 10.3 Å². The first-order valence-corrected chi connectivity index (χ1v) is 8.48. The molecule has 1 atom stereocenters. The normalized spacial score (nSPS) is 25.5. The number of rotatable bonds is 4. The molecule has 1 unspecified atom stereocenters. The fourth-order valence-corrected chi connectivity index (χ4v) is 3.42. The lowest BCUT2D eigenvalue weighted by Gasteiger charge is -2.27. The molecule has 0 aromatic carbocycles. The summed E-state index contributed by atoms with van der Waals surface area (Å²) in [6, 6.07) is 3.50. The number of urea groups is 1. The van der Waals surface area contributed by atoms with Crippen molar-refractivity contribution in [3.63, 3.8) is 0 Å². The number of anilines is 1. The van der Waals surface area contributed by atoms with E-state index in [2.05, 4.69) is 15.3 Å². The minimum atomic E-state index is -0.858. The third-order valence-electron chi connectivity index (χ3n) is 4.18. The van der Waals surface area contributed by atoms with E-state index >= 15 is 0 Å². The number of carbonyl (C=O) groups excluding carboxylic acids is 2. The first kappa shape index (κ1) is 15.9. The predicted octanol–water partition coefficient (Wildman–Crippen LogP) is 1.64. The van der Waals surface area contributed by atoms with Gasteiger partial charge in [0.05, 0.1) is 24.4 Å². The van der Waals surface area contributed by atoms with Crippen LogP contribution in [0, 0.1) is 0 Å². The van der Waals surface area contributed by atoms with Gasteiger partial charge in [-0.25, -0.2) is 4.79 Å². The van der Waals surface area contributed by atoms with Gasteiger partial charge in [0.1, 0.15) is 5.54 Å². The third-order valence-corrected chi connectivity index (χ3v) is 5.26. The maximum atomic E-state index is 12.3. The minimum Gasteiger partial charge on any atom is -0.378 e. The first-order valence-electron chi connectivity index (χ1n) is 7.67. The molecule has 0 spiro atoms. The lowest BCUT2D eigenvalue weighted by molar-refractivity contribution is -0.130. The SMILES string of the molecule is CCC1(C)NC(=O)N(/N=C/c2ccc(N3CCOCC3)s2)C1=O. The van der Waals surface area contributed by atoms with Crippen molar-refractivity contribution in [3.8, 4) is 0 Å². The van der Waals surface area contributed by atoms with Crippen LogP contribution in [0.3, 0.4) is 0 Å². The number of nitrogens with zero attached hydrogens (tertiary/aromatic N) is 3. The second kappa shape index (κ2) is 6.29. The Kier molecular flexibility index (Phi) is 4.36. The molecule has 1 aromatic rings. The molecule has 1 N–H and O–H groups in total. The van der Waals surface area contributed by atoms with Gasteiger partial charge in [0, 0.05) is 18.0 Å². The molecule has 23 heavy (non-hydrogen) atoms. The highest BCUT2D eigenvalue weighted by molar-refractivity contribution is 7.17. The highest BCUT2D eigenvalue weighted by Crippen LogP contribution is 2.26. The molecule has 2 fully saturated rings. The second-order valence-corrected chi connectivity index (χ2v) is 6.85. The van der Waals surface area contributed by atoms with E-state index in [-0.39, 0.29) is 5.91 Å². The molecule has 0 radical (unpaired) electrons. The van der Waals surface area contributed by atoms with E-state index in [1.54, 1.807) is 24.5 Å². The van der Waals surface area contributed by atoms with Gasteiger partial charge >= 0.3 is 6.03 Å². The Balaban J connectivity index is 1.70. The average molecular weight is 336 g/mol. The Morgan fingerprint density at radius 2 is 2.13 bits per heavy atom. The van der Waals surface area contributed by atoms with Crippen LogP contribution in [0.4, 0.5) is 9.80 Å². The molecule has 0 saturated carbocycles. The molecule has 3 heterocycles. The van der Waals surface area contributed by atoms with Crippen LogP contribution < -0.4 is 10.2 Å². The number of carbonyl (C=O) groups is 2. The number of ether oxygens (including phenoxy) is 1. The smallest absolute Gasteiger partial charge is 0.346 e. The summed E-state index contributed by atoms with van der Waals surface area (Å²) < 4.78 is 5.34. The number of hydrogen-bond acceptors (Lipinski definition) is 6. The quantitative estimate of drug-likeness (QED) is 0.670. The number of imide groups is 1. The molecule has 7 nitrogen and oxygen atoms in total. The second-order valence-electron chi connectivity index (χ2n) is 5.75. The molecule has 3 rings (SSSR count). The fraction of sp³-hybridized carbons (Fsp3) is 0.533. The number of morpholine rings is 1. The zero-order valence-corrected chi connectivity index (χ0v) is 14.1. The van der Waals surface area contributed by atoms with E-state index in [9.17, 15) is 9.59 Å². The monoisotopic (exact) mass is 336 g/mol. The van der Waals surface area contributed by atoms with Gasteiger partial charge in [0.2, 0.25) is 0 Å². The molecule has 0 bridgehead atoms. The molecule has 2 aliphatic rings. The van der Waals surface area contributed by atoms with E-state index in [1.165, 1.54) is 0 Å². The zero-order valence-electron chi connectivity index (χ0n) is 13.2. The van der Waals surface area contributed by atoms with Crippen LogP contribution in [0.25, 0.3) is 0 Å². The summed E-state index contributed by atoms with van der Waals surface area (Å²) in [4.78, 5) is 27.3. The average Bonchev–Trinajstić information content (AvgIpc) is 3.11. The Labute approximate surface area is 138 Å². The summed E-state index contributed by atoms with van der Waals surface area (Å²) in [5, 5.41) is 8.81. The molecular formula is C15H20N4O3S. The summed E-state index contributed by atoms with van der Waals surface area (Å²) >= 11 is 1.58. The standard InChI is InChI=1S/C15H20N4O3S/c1-3-15(2)13(20)19(14(21)17-15)16-10-11-4-5-12(23-11)18-6-8-22-9-7-18/h4-5,10H,3,6-9H2,1-2H3,(H,17,21)/b16-10+. The molecule has 124 valence electrons. The van der Waals surface area contributed by atoms with Crippen LogP contribution in [0.15, 0.2) is 17.2 Å². The van der Waals surface area contributed by atoms with Gasteiger partial charge in [-0.2, -0.15) is 5.10 Å². The number of amides is 3. The number of thiophene rings is 1. The van der Waals surface area contributed by atoms with Crippen LogP contribution in [0.5, 0.6) is 0 Å². The molecular weight excluding hydrogens is 316 g/mol.